The van der Waals surface area contributed by atoms with Gasteiger partial charge in [-0.2, -0.15) is 13.2 Å². The number of aliphatic carboxylic acids is 1. The van der Waals surface area contributed by atoms with Crippen molar-refractivity contribution in [2.75, 3.05) is 20.3 Å². The second kappa shape index (κ2) is 11.3. The number of halogens is 3. The van der Waals surface area contributed by atoms with Crippen LogP contribution in [0.2, 0.25) is 0 Å². The molecule has 1 atom stereocenters. The molecule has 2 aromatic carbocycles. The number of carbonyl (C=O) groups is 1. The van der Waals surface area contributed by atoms with E-state index in [1.165, 1.54) is 7.11 Å². The Labute approximate surface area is 213 Å². The summed E-state index contributed by atoms with van der Waals surface area (Å²) in [7, 11) is 1.52. The van der Waals surface area contributed by atoms with E-state index in [2.05, 4.69) is 9.89 Å². The lowest BCUT2D eigenvalue weighted by Crippen LogP contribution is -2.31. The number of rotatable bonds is 12. The van der Waals surface area contributed by atoms with Gasteiger partial charge in [0.05, 0.1) is 22.5 Å². The molecule has 37 heavy (non-hydrogen) atoms. The van der Waals surface area contributed by atoms with Gasteiger partial charge in [0, 0.05) is 17.9 Å². The summed E-state index contributed by atoms with van der Waals surface area (Å²) in [6.07, 6.45) is -4.31. The van der Waals surface area contributed by atoms with Crippen molar-refractivity contribution in [1.82, 2.24) is 4.57 Å². The van der Waals surface area contributed by atoms with Crippen LogP contribution in [0.5, 0.6) is 5.75 Å². The number of oxime groups is 1. The van der Waals surface area contributed by atoms with E-state index in [1.807, 2.05) is 18.2 Å². The summed E-state index contributed by atoms with van der Waals surface area (Å²) < 4.78 is 49.8. The molecule has 0 spiro atoms. The van der Waals surface area contributed by atoms with E-state index in [4.69, 9.17) is 14.7 Å². The van der Waals surface area contributed by atoms with E-state index in [0.717, 1.165) is 45.7 Å². The van der Waals surface area contributed by atoms with Gasteiger partial charge in [0.15, 0.2) is 6.10 Å². The molecule has 1 aliphatic rings. The van der Waals surface area contributed by atoms with Crippen LogP contribution in [0, 0.1) is 5.92 Å². The second-order valence-electron chi connectivity index (χ2n) is 8.59. The van der Waals surface area contributed by atoms with Crippen LogP contribution in [0.3, 0.4) is 0 Å². The molecule has 1 unspecified atom stereocenters. The first-order valence-electron chi connectivity index (χ1n) is 11.5. The van der Waals surface area contributed by atoms with Crippen LogP contribution >= 0.6 is 11.3 Å². The van der Waals surface area contributed by atoms with Crippen LogP contribution in [0.4, 0.5) is 13.2 Å². The van der Waals surface area contributed by atoms with Crippen LogP contribution in [-0.2, 0) is 27.3 Å². The van der Waals surface area contributed by atoms with Gasteiger partial charge in [-0.05, 0) is 42.7 Å². The zero-order valence-corrected chi connectivity index (χ0v) is 20.7. The van der Waals surface area contributed by atoms with Gasteiger partial charge < -0.3 is 19.4 Å². The molecule has 1 heterocycles. The van der Waals surface area contributed by atoms with E-state index < -0.39 is 24.9 Å². The van der Waals surface area contributed by atoms with Gasteiger partial charge in [-0.3, -0.25) is 9.36 Å². The molecule has 8 nitrogen and oxygen atoms in total. The molecule has 0 radical (unpaired) electrons. The van der Waals surface area contributed by atoms with Gasteiger partial charge in [-0.1, -0.05) is 34.7 Å². The number of thiazole rings is 1. The molecule has 0 saturated heterocycles. The molecular formula is C25H25F3N2O6S. The van der Waals surface area contributed by atoms with Crippen LogP contribution in [-0.4, -0.2) is 54.0 Å². The molecule has 0 bridgehead atoms. The maximum Gasteiger partial charge on any atom is 0.411 e. The van der Waals surface area contributed by atoms with Crippen LogP contribution in [0.15, 0.2) is 52.4 Å². The van der Waals surface area contributed by atoms with E-state index in [9.17, 15) is 22.8 Å². The molecule has 0 aliphatic heterocycles. The van der Waals surface area contributed by atoms with Crippen molar-refractivity contribution in [3.05, 3.63) is 63.3 Å². The Balaban J connectivity index is 1.36. The minimum absolute atomic E-state index is 0.110. The van der Waals surface area contributed by atoms with Crippen molar-refractivity contribution in [2.24, 2.45) is 11.1 Å². The van der Waals surface area contributed by atoms with Crippen molar-refractivity contribution in [2.45, 2.75) is 38.1 Å². The largest absolute Gasteiger partial charge is 0.492 e. The van der Waals surface area contributed by atoms with Gasteiger partial charge in [0.25, 0.3) is 0 Å². The summed E-state index contributed by atoms with van der Waals surface area (Å²) in [5.41, 5.74) is 3.12. The van der Waals surface area contributed by atoms with Crippen molar-refractivity contribution in [1.29, 1.82) is 0 Å². The lowest BCUT2D eigenvalue weighted by Gasteiger charge is -2.15. The lowest BCUT2D eigenvalue weighted by molar-refractivity contribution is -0.192. The summed E-state index contributed by atoms with van der Waals surface area (Å²) >= 11 is 1.15. The Morgan fingerprint density at radius 3 is 2.57 bits per heavy atom. The smallest absolute Gasteiger partial charge is 0.411 e. The Morgan fingerprint density at radius 2 is 1.95 bits per heavy atom. The summed E-state index contributed by atoms with van der Waals surface area (Å²) in [5.74, 6) is -0.607. The van der Waals surface area contributed by atoms with Gasteiger partial charge >= 0.3 is 17.0 Å². The normalized spacial score (nSPS) is 15.1. The minimum atomic E-state index is -4.61. The average Bonchev–Trinajstić information content (AvgIpc) is 3.63. The third kappa shape index (κ3) is 7.10. The van der Waals surface area contributed by atoms with E-state index >= 15 is 0 Å². The maximum atomic E-state index is 12.6. The first-order chi connectivity index (χ1) is 17.6. The molecule has 1 aliphatic carbocycles. The van der Waals surface area contributed by atoms with Crippen molar-refractivity contribution in [3.63, 3.8) is 0 Å². The maximum absolute atomic E-state index is 12.6. The summed E-state index contributed by atoms with van der Waals surface area (Å²) in [5, 5.41) is 13.3. The van der Waals surface area contributed by atoms with E-state index in [1.54, 1.807) is 28.8 Å². The topological polar surface area (TPSA) is 99.4 Å². The second-order valence-corrected chi connectivity index (χ2v) is 9.58. The number of aromatic nitrogens is 1. The fourth-order valence-electron chi connectivity index (χ4n) is 3.86. The molecule has 0 amide bonds. The fourth-order valence-corrected chi connectivity index (χ4v) is 4.82. The monoisotopic (exact) mass is 538 g/mol. The van der Waals surface area contributed by atoms with Crippen molar-refractivity contribution in [3.8, 4) is 5.75 Å². The number of benzene rings is 2. The lowest BCUT2D eigenvalue weighted by atomic mass is 10.1. The standard InChI is InChI=1S/C25H25F3N2O6S/c1-34-29-22(16-4-5-16)17-6-9-19-21(13-17)37-24(33)30(19)10-11-35-18-7-2-15(3-8-18)12-20(23(31)32)36-14-25(26,27)28/h2-3,6-9,13,16,20H,4-5,10-12,14H2,1H3,(H,31,32). The first kappa shape index (κ1) is 26.7. The Hall–Kier alpha value is -3.38. The number of carboxylic acids is 1. The highest BCUT2D eigenvalue weighted by Crippen LogP contribution is 2.34. The van der Waals surface area contributed by atoms with Gasteiger partial charge in [0.2, 0.25) is 0 Å². The number of ether oxygens (including phenoxy) is 2. The highest BCUT2D eigenvalue weighted by Gasteiger charge is 2.31. The number of hydrogen-bond acceptors (Lipinski definition) is 7. The predicted octanol–water partition coefficient (Wildman–Crippen LogP) is 4.48. The number of carboxylic acid groups (broad SMARTS) is 1. The Morgan fingerprint density at radius 1 is 1.22 bits per heavy atom. The SMILES string of the molecule is CON=C(c1ccc2c(c1)sc(=O)n2CCOc1ccc(CC(OCC(F)(F)F)C(=O)O)cc1)C1CC1. The van der Waals surface area contributed by atoms with Crippen LogP contribution < -0.4 is 9.61 Å². The quantitative estimate of drug-likeness (QED) is 0.270. The summed E-state index contributed by atoms with van der Waals surface area (Å²) in [6, 6.07) is 12.1. The molecule has 12 heteroatoms. The fraction of sp³-hybridized carbons (Fsp3) is 0.400. The van der Waals surface area contributed by atoms with Crippen LogP contribution in [0.1, 0.15) is 24.0 Å². The van der Waals surface area contributed by atoms with Crippen LogP contribution in [0.25, 0.3) is 10.2 Å². The number of fused-ring (bicyclic) bond motifs is 1. The Kier molecular flexibility index (Phi) is 8.18. The van der Waals surface area contributed by atoms with Gasteiger partial charge in [-0.25, -0.2) is 4.79 Å². The zero-order chi connectivity index (χ0) is 26.6. The third-order valence-electron chi connectivity index (χ3n) is 5.77. The highest BCUT2D eigenvalue weighted by molar-refractivity contribution is 7.16. The first-order valence-corrected chi connectivity index (χ1v) is 12.3. The molecule has 3 aromatic rings. The zero-order valence-electron chi connectivity index (χ0n) is 19.9. The van der Waals surface area contributed by atoms with Gasteiger partial charge in [-0.15, -0.1) is 0 Å². The molecule has 198 valence electrons. The number of alkyl halides is 3. The molecule has 1 fully saturated rings. The van der Waals surface area contributed by atoms with Gasteiger partial charge in [0.1, 0.15) is 26.1 Å². The molecule has 1 N–H and O–H groups in total. The molecule has 1 aromatic heterocycles. The predicted molar refractivity (Wildman–Crippen MR) is 131 cm³/mol. The third-order valence-corrected chi connectivity index (χ3v) is 6.71. The Bertz CT molecular complexity index is 1330. The highest BCUT2D eigenvalue weighted by atomic mass is 32.1. The molecule has 1 saturated carbocycles. The van der Waals surface area contributed by atoms with Crippen molar-refractivity contribution < 1.29 is 37.4 Å². The number of nitrogens with zero attached hydrogens (tertiary/aromatic N) is 2. The molecular weight excluding hydrogens is 513 g/mol. The minimum Gasteiger partial charge on any atom is -0.492 e. The molecule has 4 rings (SSSR count). The van der Waals surface area contributed by atoms with E-state index in [-0.39, 0.29) is 17.9 Å². The van der Waals surface area contributed by atoms with E-state index in [0.29, 0.717) is 23.8 Å². The summed E-state index contributed by atoms with van der Waals surface area (Å²) in [6.45, 7) is -1.11. The summed E-state index contributed by atoms with van der Waals surface area (Å²) in [4.78, 5) is 28.7. The number of hydrogen-bond donors (Lipinski definition) is 1. The average molecular weight is 539 g/mol. The van der Waals surface area contributed by atoms with Crippen molar-refractivity contribution >= 4 is 33.2 Å².